The summed E-state index contributed by atoms with van der Waals surface area (Å²) < 4.78 is 4.53. The van der Waals surface area contributed by atoms with Gasteiger partial charge in [-0.05, 0) is 64.0 Å². The van der Waals surface area contributed by atoms with Crippen LogP contribution in [-0.4, -0.2) is 24.1 Å². The Morgan fingerprint density at radius 3 is 1.33 bits per heavy atom. The highest BCUT2D eigenvalue weighted by Crippen LogP contribution is 2.39. The van der Waals surface area contributed by atoms with Crippen molar-refractivity contribution in [3.05, 3.63) is 176 Å². The molecule has 0 atom stereocenters. The van der Waals surface area contributed by atoms with E-state index in [1.54, 1.807) is 0 Å². The van der Waals surface area contributed by atoms with Gasteiger partial charge in [0.2, 0.25) is 5.95 Å². The number of rotatable bonds is 4. The Hall–Kier alpha value is -7.11. The Balaban J connectivity index is 1.26. The molecule has 0 saturated carbocycles. The zero-order valence-corrected chi connectivity index (χ0v) is 28.0. The molecular weight excluding hydrogens is 635 g/mol. The van der Waals surface area contributed by atoms with E-state index in [0.29, 0.717) is 17.6 Å². The van der Waals surface area contributed by atoms with E-state index >= 15 is 0 Å². The van der Waals surface area contributed by atoms with Crippen LogP contribution in [0.25, 0.3) is 99.6 Å². The monoisotopic (exact) mass is 663 g/mol. The fourth-order valence-corrected chi connectivity index (χ4v) is 8.12. The van der Waals surface area contributed by atoms with Crippen molar-refractivity contribution >= 4 is 65.2 Å². The molecule has 0 aliphatic heterocycles. The van der Waals surface area contributed by atoms with Gasteiger partial charge in [-0.15, -0.1) is 0 Å². The van der Waals surface area contributed by atoms with Crippen LogP contribution in [0.2, 0.25) is 0 Å². The zero-order valence-electron chi connectivity index (χ0n) is 28.0. The van der Waals surface area contributed by atoms with E-state index in [1.807, 2.05) is 0 Å². The molecule has 8 aromatic carbocycles. The van der Waals surface area contributed by atoms with Gasteiger partial charge in [0, 0.05) is 32.7 Å². The number of benzene rings is 8. The third-order valence-corrected chi connectivity index (χ3v) is 10.4. The van der Waals surface area contributed by atoms with Crippen molar-refractivity contribution in [1.29, 1.82) is 0 Å². The van der Waals surface area contributed by atoms with E-state index in [9.17, 15) is 0 Å². The normalized spacial score (nSPS) is 11.8. The maximum Gasteiger partial charge on any atom is 0.238 e. The van der Waals surface area contributed by atoms with Crippen LogP contribution in [0.5, 0.6) is 0 Å². The van der Waals surface area contributed by atoms with E-state index < -0.39 is 0 Å². The molecule has 242 valence electrons. The summed E-state index contributed by atoms with van der Waals surface area (Å²) >= 11 is 0. The smallest absolute Gasteiger partial charge is 0.238 e. The molecule has 0 aliphatic rings. The summed E-state index contributed by atoms with van der Waals surface area (Å²) in [5.41, 5.74) is 7.26. The molecule has 11 rings (SSSR count). The number of hydrogen-bond acceptors (Lipinski definition) is 3. The lowest BCUT2D eigenvalue weighted by Gasteiger charge is -2.16. The van der Waals surface area contributed by atoms with E-state index in [-0.39, 0.29) is 0 Å². The van der Waals surface area contributed by atoms with Crippen LogP contribution in [0, 0.1) is 0 Å². The van der Waals surface area contributed by atoms with Crippen LogP contribution in [0.1, 0.15) is 0 Å². The fraction of sp³-hybridized carbons (Fsp3) is 0. The van der Waals surface area contributed by atoms with Crippen LogP contribution in [0.15, 0.2) is 176 Å². The predicted molar refractivity (Wildman–Crippen MR) is 214 cm³/mol. The van der Waals surface area contributed by atoms with E-state index in [1.165, 1.54) is 21.5 Å². The number of aromatic nitrogens is 5. The molecule has 0 amide bonds. The first-order valence-corrected chi connectivity index (χ1v) is 17.6. The van der Waals surface area contributed by atoms with Gasteiger partial charge < -0.3 is 4.57 Å². The fourth-order valence-electron chi connectivity index (χ4n) is 8.12. The van der Waals surface area contributed by atoms with Gasteiger partial charge in [0.1, 0.15) is 0 Å². The van der Waals surface area contributed by atoms with Crippen LogP contribution in [-0.2, 0) is 0 Å². The summed E-state index contributed by atoms with van der Waals surface area (Å²) in [4.78, 5) is 16.1. The summed E-state index contributed by atoms with van der Waals surface area (Å²) in [5.74, 6) is 1.81. The molecule has 0 radical (unpaired) electrons. The topological polar surface area (TPSA) is 48.5 Å². The minimum Gasteiger partial charge on any atom is -0.309 e. The molecule has 0 spiro atoms. The molecule has 0 bridgehead atoms. The third kappa shape index (κ3) is 4.20. The van der Waals surface area contributed by atoms with Crippen molar-refractivity contribution in [1.82, 2.24) is 24.1 Å². The SMILES string of the molecule is c1ccc(-n2c3ccccc3c3ccccc32)c(-c2nc(-c3cc4ccccc4c4ccccc34)nc(-n3c4ccccc4c4ccccc43)n2)c1. The molecule has 0 aliphatic carbocycles. The van der Waals surface area contributed by atoms with Crippen molar-refractivity contribution < 1.29 is 0 Å². The summed E-state index contributed by atoms with van der Waals surface area (Å²) in [7, 11) is 0. The van der Waals surface area contributed by atoms with Gasteiger partial charge in [0.25, 0.3) is 0 Å². The highest BCUT2D eigenvalue weighted by molar-refractivity contribution is 6.14. The predicted octanol–water partition coefficient (Wildman–Crippen LogP) is 11.7. The molecule has 0 unspecified atom stereocenters. The van der Waals surface area contributed by atoms with Gasteiger partial charge in [-0.2, -0.15) is 9.97 Å². The highest BCUT2D eigenvalue weighted by atomic mass is 15.2. The summed E-state index contributed by atoms with van der Waals surface area (Å²) in [5, 5.41) is 9.34. The third-order valence-electron chi connectivity index (χ3n) is 10.4. The van der Waals surface area contributed by atoms with Gasteiger partial charge in [-0.3, -0.25) is 4.57 Å². The van der Waals surface area contributed by atoms with Crippen molar-refractivity contribution in [2.75, 3.05) is 0 Å². The minimum absolute atomic E-state index is 0.576. The van der Waals surface area contributed by atoms with E-state index in [2.05, 4.69) is 185 Å². The van der Waals surface area contributed by atoms with Gasteiger partial charge in [0.05, 0.1) is 27.8 Å². The highest BCUT2D eigenvalue weighted by Gasteiger charge is 2.22. The number of nitrogens with zero attached hydrogens (tertiary/aromatic N) is 5. The maximum atomic E-state index is 5.38. The first-order valence-electron chi connectivity index (χ1n) is 17.6. The average molecular weight is 664 g/mol. The molecule has 5 heteroatoms. The Labute approximate surface area is 298 Å². The van der Waals surface area contributed by atoms with Crippen LogP contribution in [0.3, 0.4) is 0 Å². The lowest BCUT2D eigenvalue weighted by atomic mass is 9.97. The van der Waals surface area contributed by atoms with Gasteiger partial charge in [0.15, 0.2) is 11.6 Å². The molecule has 52 heavy (non-hydrogen) atoms. The molecule has 3 heterocycles. The van der Waals surface area contributed by atoms with Crippen LogP contribution < -0.4 is 0 Å². The Kier molecular flexibility index (Phi) is 6.18. The van der Waals surface area contributed by atoms with Gasteiger partial charge >= 0.3 is 0 Å². The molecule has 0 N–H and O–H groups in total. The Morgan fingerprint density at radius 1 is 0.308 bits per heavy atom. The number of fused-ring (bicyclic) bond motifs is 9. The van der Waals surface area contributed by atoms with Gasteiger partial charge in [-0.1, -0.05) is 133 Å². The lowest BCUT2D eigenvalue weighted by Crippen LogP contribution is -2.08. The second-order valence-electron chi connectivity index (χ2n) is 13.2. The zero-order chi connectivity index (χ0) is 34.2. The molecule has 3 aromatic heterocycles. The second-order valence-corrected chi connectivity index (χ2v) is 13.2. The minimum atomic E-state index is 0.576. The largest absolute Gasteiger partial charge is 0.309 e. The molecule has 0 saturated heterocycles. The molecule has 11 aromatic rings. The Bertz CT molecular complexity index is 3100. The van der Waals surface area contributed by atoms with Gasteiger partial charge in [-0.25, -0.2) is 4.98 Å². The molecular formula is C47H29N5. The lowest BCUT2D eigenvalue weighted by molar-refractivity contribution is 0.952. The van der Waals surface area contributed by atoms with Crippen LogP contribution in [0.4, 0.5) is 0 Å². The quantitative estimate of drug-likeness (QED) is 0.176. The molecule has 0 fully saturated rings. The van der Waals surface area contributed by atoms with Crippen molar-refractivity contribution in [3.63, 3.8) is 0 Å². The summed E-state index contributed by atoms with van der Waals surface area (Å²) in [6.45, 7) is 0. The standard InChI is InChI=1S/C47H29N5/c1-2-16-31-30(15-1)29-39(33-18-4-3-17-32(31)33)46-48-45(49-47(50-46)52-42-26-12-7-21-36(42)37-22-8-13-27-43(37)52)38-23-9-14-28-44(38)51-40-24-10-5-19-34(40)35-20-6-11-25-41(35)51/h1-29H. The average Bonchev–Trinajstić information content (AvgIpc) is 3.73. The summed E-state index contributed by atoms with van der Waals surface area (Å²) in [6, 6.07) is 62.0. The number of para-hydroxylation sites is 5. The maximum absolute atomic E-state index is 5.38. The van der Waals surface area contributed by atoms with Crippen molar-refractivity contribution in [2.45, 2.75) is 0 Å². The first kappa shape index (κ1) is 28.7. The van der Waals surface area contributed by atoms with Crippen molar-refractivity contribution in [3.8, 4) is 34.4 Å². The summed E-state index contributed by atoms with van der Waals surface area (Å²) in [6.07, 6.45) is 0. The Morgan fingerprint density at radius 2 is 0.731 bits per heavy atom. The van der Waals surface area contributed by atoms with E-state index in [4.69, 9.17) is 15.0 Å². The second kappa shape index (κ2) is 11.2. The first-order chi connectivity index (χ1) is 25.8. The van der Waals surface area contributed by atoms with Crippen LogP contribution >= 0.6 is 0 Å². The number of hydrogen-bond donors (Lipinski definition) is 0. The molecule has 5 nitrogen and oxygen atoms in total. The van der Waals surface area contributed by atoms with Crippen molar-refractivity contribution in [2.24, 2.45) is 0 Å². The van der Waals surface area contributed by atoms with E-state index in [0.717, 1.165) is 60.4 Å².